The van der Waals surface area contributed by atoms with Crippen LogP contribution in [-0.2, 0) is 19.5 Å². The summed E-state index contributed by atoms with van der Waals surface area (Å²) in [5, 5.41) is 9.60. The van der Waals surface area contributed by atoms with Crippen molar-refractivity contribution in [3.8, 4) is 22.9 Å². The molecule has 0 atom stereocenters. The van der Waals surface area contributed by atoms with Gasteiger partial charge in [-0.15, -0.1) is 0 Å². The molecule has 1 aliphatic rings. The number of benzene rings is 1. The zero-order valence-corrected chi connectivity index (χ0v) is 14.8. The lowest BCUT2D eigenvalue weighted by Crippen LogP contribution is -2.35. The van der Waals surface area contributed by atoms with E-state index < -0.39 is 0 Å². The van der Waals surface area contributed by atoms with E-state index >= 15 is 0 Å². The van der Waals surface area contributed by atoms with Crippen LogP contribution < -0.4 is 10.3 Å². The molecule has 0 saturated carbocycles. The maximum Gasteiger partial charge on any atom is 0.255 e. The maximum absolute atomic E-state index is 12.6. The third-order valence-corrected chi connectivity index (χ3v) is 4.65. The van der Waals surface area contributed by atoms with Gasteiger partial charge in [0, 0.05) is 50.1 Å². The predicted molar refractivity (Wildman–Crippen MR) is 98.4 cm³/mol. The van der Waals surface area contributed by atoms with Gasteiger partial charge in [0.1, 0.15) is 23.7 Å². The standard InChI is InChI=1S/C19H19N5O3/c1-27-17-6-14(25)3-2-12(17)9-24-5-4-16-15(10-24)19(26)23-18(22-16)13-7-20-11-21-8-13/h2-3,6-8,11,25H,4-5,9-10H2,1H3,(H,22,23,26). The summed E-state index contributed by atoms with van der Waals surface area (Å²) in [6.07, 6.45) is 5.38. The number of phenolic OH excluding ortho intramolecular Hbond substituents is 1. The minimum Gasteiger partial charge on any atom is -0.508 e. The number of nitrogens with one attached hydrogen (secondary N) is 1. The van der Waals surface area contributed by atoms with Crippen LogP contribution >= 0.6 is 0 Å². The third kappa shape index (κ3) is 3.52. The van der Waals surface area contributed by atoms with E-state index in [0.29, 0.717) is 42.2 Å². The number of phenols is 1. The molecule has 1 aromatic carbocycles. The first-order valence-corrected chi connectivity index (χ1v) is 8.59. The van der Waals surface area contributed by atoms with Crippen LogP contribution in [0.2, 0.25) is 0 Å². The molecule has 4 rings (SSSR count). The van der Waals surface area contributed by atoms with Crippen LogP contribution in [0, 0.1) is 0 Å². The Balaban J connectivity index is 1.58. The molecule has 0 fully saturated rings. The minimum atomic E-state index is -0.138. The Morgan fingerprint density at radius 1 is 1.30 bits per heavy atom. The SMILES string of the molecule is COc1cc(O)ccc1CN1CCc2nc(-c3cncnc3)[nH]c(=O)c2C1. The molecule has 3 aromatic rings. The van der Waals surface area contributed by atoms with Crippen LogP contribution in [0.25, 0.3) is 11.4 Å². The van der Waals surface area contributed by atoms with Crippen molar-refractivity contribution in [2.45, 2.75) is 19.5 Å². The van der Waals surface area contributed by atoms with Crippen LogP contribution in [0.15, 0.2) is 41.7 Å². The molecular formula is C19H19N5O3. The molecule has 138 valence electrons. The van der Waals surface area contributed by atoms with E-state index in [2.05, 4.69) is 24.8 Å². The number of methoxy groups -OCH3 is 1. The van der Waals surface area contributed by atoms with E-state index in [1.54, 1.807) is 31.6 Å². The maximum atomic E-state index is 12.6. The van der Waals surface area contributed by atoms with Gasteiger partial charge in [-0.05, 0) is 6.07 Å². The van der Waals surface area contributed by atoms with Crippen LogP contribution in [0.4, 0.5) is 0 Å². The van der Waals surface area contributed by atoms with Crippen molar-refractivity contribution in [2.75, 3.05) is 13.7 Å². The average Bonchev–Trinajstić information content (AvgIpc) is 2.70. The van der Waals surface area contributed by atoms with Gasteiger partial charge in [0.25, 0.3) is 5.56 Å². The Hall–Kier alpha value is -3.26. The average molecular weight is 365 g/mol. The largest absolute Gasteiger partial charge is 0.508 e. The highest BCUT2D eigenvalue weighted by atomic mass is 16.5. The summed E-state index contributed by atoms with van der Waals surface area (Å²) in [7, 11) is 1.58. The lowest BCUT2D eigenvalue weighted by molar-refractivity contribution is 0.238. The van der Waals surface area contributed by atoms with Gasteiger partial charge in [0.05, 0.1) is 23.9 Å². The van der Waals surface area contributed by atoms with Gasteiger partial charge in [-0.25, -0.2) is 15.0 Å². The molecule has 27 heavy (non-hydrogen) atoms. The lowest BCUT2D eigenvalue weighted by atomic mass is 10.1. The molecule has 0 amide bonds. The van der Waals surface area contributed by atoms with Gasteiger partial charge < -0.3 is 14.8 Å². The Morgan fingerprint density at radius 2 is 2.11 bits per heavy atom. The number of aromatic nitrogens is 4. The van der Waals surface area contributed by atoms with Crippen LogP contribution in [0.5, 0.6) is 11.5 Å². The fourth-order valence-electron chi connectivity index (χ4n) is 3.28. The zero-order valence-electron chi connectivity index (χ0n) is 14.8. The monoisotopic (exact) mass is 365 g/mol. The molecule has 0 bridgehead atoms. The Labute approximate surface area is 155 Å². The first kappa shape index (κ1) is 17.2. The van der Waals surface area contributed by atoms with E-state index in [-0.39, 0.29) is 11.3 Å². The third-order valence-electron chi connectivity index (χ3n) is 4.65. The van der Waals surface area contributed by atoms with Gasteiger partial charge in [0.2, 0.25) is 0 Å². The van der Waals surface area contributed by atoms with Gasteiger partial charge in [-0.2, -0.15) is 0 Å². The molecule has 0 spiro atoms. The predicted octanol–water partition coefficient (Wildman–Crippen LogP) is 1.50. The molecule has 0 aliphatic carbocycles. The summed E-state index contributed by atoms with van der Waals surface area (Å²) in [6.45, 7) is 1.90. The molecule has 0 saturated heterocycles. The van der Waals surface area contributed by atoms with Crippen molar-refractivity contribution in [1.82, 2.24) is 24.8 Å². The molecule has 2 aromatic heterocycles. The molecule has 1 aliphatic heterocycles. The van der Waals surface area contributed by atoms with Gasteiger partial charge in [0.15, 0.2) is 0 Å². The van der Waals surface area contributed by atoms with E-state index in [0.717, 1.165) is 17.8 Å². The lowest BCUT2D eigenvalue weighted by Gasteiger charge is -2.28. The highest BCUT2D eigenvalue weighted by molar-refractivity contribution is 5.52. The van der Waals surface area contributed by atoms with Gasteiger partial charge in [-0.3, -0.25) is 9.69 Å². The summed E-state index contributed by atoms with van der Waals surface area (Å²) in [4.78, 5) is 30.2. The summed E-state index contributed by atoms with van der Waals surface area (Å²) < 4.78 is 5.35. The molecule has 3 heterocycles. The molecule has 0 unspecified atom stereocenters. The second-order valence-corrected chi connectivity index (χ2v) is 6.42. The second kappa shape index (κ2) is 7.16. The summed E-state index contributed by atoms with van der Waals surface area (Å²) in [6, 6.07) is 5.07. The van der Waals surface area contributed by atoms with E-state index in [1.165, 1.54) is 6.33 Å². The van der Waals surface area contributed by atoms with Crippen molar-refractivity contribution >= 4 is 0 Å². The topological polar surface area (TPSA) is 104 Å². The van der Waals surface area contributed by atoms with Crippen molar-refractivity contribution in [1.29, 1.82) is 0 Å². The highest BCUT2D eigenvalue weighted by Crippen LogP contribution is 2.26. The number of hydrogen-bond donors (Lipinski definition) is 2. The number of hydrogen-bond acceptors (Lipinski definition) is 7. The van der Waals surface area contributed by atoms with Gasteiger partial charge >= 0.3 is 0 Å². The van der Waals surface area contributed by atoms with E-state index in [9.17, 15) is 9.90 Å². The quantitative estimate of drug-likeness (QED) is 0.722. The fraction of sp³-hybridized carbons (Fsp3) is 0.263. The zero-order chi connectivity index (χ0) is 18.8. The number of rotatable bonds is 4. The Bertz CT molecular complexity index is 1020. The summed E-state index contributed by atoms with van der Waals surface area (Å²) in [5.41, 5.74) is 3.00. The van der Waals surface area contributed by atoms with Crippen molar-refractivity contribution in [3.63, 3.8) is 0 Å². The van der Waals surface area contributed by atoms with Crippen molar-refractivity contribution < 1.29 is 9.84 Å². The molecule has 8 nitrogen and oxygen atoms in total. The normalized spacial score (nSPS) is 14.0. The minimum absolute atomic E-state index is 0.138. The van der Waals surface area contributed by atoms with E-state index in [4.69, 9.17) is 4.74 Å². The molecule has 8 heteroatoms. The van der Waals surface area contributed by atoms with Crippen molar-refractivity contribution in [3.05, 3.63) is 64.1 Å². The number of nitrogens with zero attached hydrogens (tertiary/aromatic N) is 4. The smallest absolute Gasteiger partial charge is 0.255 e. The fourth-order valence-corrected chi connectivity index (χ4v) is 3.28. The Morgan fingerprint density at radius 3 is 2.89 bits per heavy atom. The Kier molecular flexibility index (Phi) is 4.55. The molecule has 2 N–H and O–H groups in total. The number of aromatic hydroxyl groups is 1. The highest BCUT2D eigenvalue weighted by Gasteiger charge is 2.22. The van der Waals surface area contributed by atoms with Crippen LogP contribution in [-0.4, -0.2) is 43.6 Å². The number of aromatic amines is 1. The number of H-pyrrole nitrogens is 1. The summed E-state index contributed by atoms with van der Waals surface area (Å²) in [5.74, 6) is 1.29. The molecular weight excluding hydrogens is 346 g/mol. The van der Waals surface area contributed by atoms with Crippen molar-refractivity contribution in [2.24, 2.45) is 0 Å². The van der Waals surface area contributed by atoms with E-state index in [1.807, 2.05) is 6.07 Å². The summed E-state index contributed by atoms with van der Waals surface area (Å²) >= 11 is 0. The second-order valence-electron chi connectivity index (χ2n) is 6.42. The van der Waals surface area contributed by atoms with Gasteiger partial charge in [-0.1, -0.05) is 6.07 Å². The molecule has 0 radical (unpaired) electrons. The first-order chi connectivity index (χ1) is 13.1. The number of ether oxygens (including phenoxy) is 1. The first-order valence-electron chi connectivity index (χ1n) is 8.59. The van der Waals surface area contributed by atoms with Crippen LogP contribution in [0.1, 0.15) is 16.8 Å². The number of fused-ring (bicyclic) bond motifs is 1. The van der Waals surface area contributed by atoms with Crippen LogP contribution in [0.3, 0.4) is 0 Å².